The van der Waals surface area contributed by atoms with Gasteiger partial charge in [-0.2, -0.15) is 5.10 Å². The maximum Gasteiger partial charge on any atom is 0.255 e. The van der Waals surface area contributed by atoms with Gasteiger partial charge < -0.3 is 10.1 Å². The fourth-order valence-corrected chi connectivity index (χ4v) is 2.85. The average molecular weight is 421 g/mol. The van der Waals surface area contributed by atoms with Gasteiger partial charge in [-0.25, -0.2) is 0 Å². The Kier molecular flexibility index (Phi) is 5.40. The van der Waals surface area contributed by atoms with E-state index in [0.29, 0.717) is 28.6 Å². The van der Waals surface area contributed by atoms with Gasteiger partial charge in [0.25, 0.3) is 5.91 Å². The van der Waals surface area contributed by atoms with E-state index in [0.717, 1.165) is 10.0 Å². The van der Waals surface area contributed by atoms with Crippen LogP contribution in [0, 0.1) is 0 Å². The van der Waals surface area contributed by atoms with Crippen LogP contribution in [0.1, 0.15) is 15.9 Å². The summed E-state index contributed by atoms with van der Waals surface area (Å²) in [5.74, 6) is 0.326. The summed E-state index contributed by atoms with van der Waals surface area (Å²) >= 11 is 9.35. The van der Waals surface area contributed by atoms with Gasteiger partial charge in [0.2, 0.25) is 0 Å². The van der Waals surface area contributed by atoms with Gasteiger partial charge in [0.1, 0.15) is 5.75 Å². The molecule has 0 bridgehead atoms. The monoisotopic (exact) mass is 419 g/mol. The first-order chi connectivity index (χ1) is 12.0. The number of anilines is 1. The molecule has 0 fully saturated rings. The minimum Gasteiger partial charge on any atom is -0.495 e. The molecule has 1 aromatic heterocycles. The van der Waals surface area contributed by atoms with Crippen molar-refractivity contribution in [1.82, 2.24) is 9.78 Å². The molecule has 0 aliphatic heterocycles. The van der Waals surface area contributed by atoms with Gasteiger partial charge in [-0.15, -0.1) is 0 Å². The van der Waals surface area contributed by atoms with E-state index in [-0.39, 0.29) is 5.91 Å². The van der Waals surface area contributed by atoms with Gasteiger partial charge in [-0.05, 0) is 51.8 Å². The summed E-state index contributed by atoms with van der Waals surface area (Å²) in [6, 6.07) is 12.4. The van der Waals surface area contributed by atoms with Crippen LogP contribution in [0.2, 0.25) is 5.02 Å². The molecule has 5 nitrogen and oxygen atoms in total. The van der Waals surface area contributed by atoms with Crippen molar-refractivity contribution in [3.8, 4) is 5.75 Å². The average Bonchev–Trinajstić information content (AvgIpc) is 3.00. The lowest BCUT2D eigenvalue weighted by Crippen LogP contribution is -2.12. The van der Waals surface area contributed by atoms with Crippen molar-refractivity contribution in [2.45, 2.75) is 6.54 Å². The zero-order valence-corrected chi connectivity index (χ0v) is 15.7. The molecule has 0 radical (unpaired) electrons. The molecular weight excluding hydrogens is 406 g/mol. The van der Waals surface area contributed by atoms with Crippen molar-refractivity contribution in [3.05, 3.63) is 75.5 Å². The van der Waals surface area contributed by atoms with Crippen LogP contribution in [0.3, 0.4) is 0 Å². The maximum absolute atomic E-state index is 12.4. The van der Waals surface area contributed by atoms with Crippen LogP contribution in [-0.4, -0.2) is 22.8 Å². The highest BCUT2D eigenvalue weighted by Gasteiger charge is 2.10. The normalized spacial score (nSPS) is 10.5. The first-order valence-corrected chi connectivity index (χ1v) is 8.64. The molecule has 25 heavy (non-hydrogen) atoms. The summed E-state index contributed by atoms with van der Waals surface area (Å²) in [5, 5.41) is 7.56. The molecule has 3 rings (SSSR count). The Morgan fingerprint density at radius 2 is 2.04 bits per heavy atom. The topological polar surface area (TPSA) is 56.1 Å². The van der Waals surface area contributed by atoms with Crippen LogP contribution >= 0.6 is 27.5 Å². The van der Waals surface area contributed by atoms with E-state index in [1.807, 2.05) is 23.0 Å². The molecule has 3 aromatic rings. The first-order valence-electron chi connectivity index (χ1n) is 7.47. The van der Waals surface area contributed by atoms with E-state index in [1.165, 1.54) is 0 Å². The van der Waals surface area contributed by atoms with Gasteiger partial charge in [-0.3, -0.25) is 9.48 Å². The van der Waals surface area contributed by atoms with Gasteiger partial charge in [0.05, 0.1) is 30.0 Å². The molecule has 0 saturated carbocycles. The van der Waals surface area contributed by atoms with Crippen LogP contribution in [0.15, 0.2) is 59.3 Å². The third kappa shape index (κ3) is 4.41. The number of carbonyl (C=O) groups is 1. The van der Waals surface area contributed by atoms with Crippen molar-refractivity contribution in [1.29, 1.82) is 0 Å². The highest BCUT2D eigenvalue weighted by atomic mass is 79.9. The number of nitrogens with zero attached hydrogens (tertiary/aromatic N) is 2. The van der Waals surface area contributed by atoms with E-state index in [1.54, 1.807) is 43.6 Å². The Bertz CT molecular complexity index is 894. The zero-order chi connectivity index (χ0) is 17.8. The summed E-state index contributed by atoms with van der Waals surface area (Å²) in [4.78, 5) is 12.4. The molecule has 0 aliphatic carbocycles. The van der Waals surface area contributed by atoms with Crippen molar-refractivity contribution >= 4 is 39.1 Å². The lowest BCUT2D eigenvalue weighted by molar-refractivity contribution is 0.102. The largest absolute Gasteiger partial charge is 0.495 e. The minimum absolute atomic E-state index is 0.228. The van der Waals surface area contributed by atoms with E-state index in [9.17, 15) is 4.79 Å². The van der Waals surface area contributed by atoms with Crippen molar-refractivity contribution in [2.24, 2.45) is 0 Å². The molecule has 0 saturated heterocycles. The van der Waals surface area contributed by atoms with Crippen LogP contribution in [0.4, 0.5) is 5.69 Å². The van der Waals surface area contributed by atoms with Gasteiger partial charge in [0, 0.05) is 16.8 Å². The summed E-state index contributed by atoms with van der Waals surface area (Å²) in [6.07, 6.45) is 3.63. The Hall–Kier alpha value is -2.31. The fraction of sp³-hybridized carbons (Fsp3) is 0.111. The van der Waals surface area contributed by atoms with Crippen molar-refractivity contribution in [3.63, 3.8) is 0 Å². The van der Waals surface area contributed by atoms with E-state index in [4.69, 9.17) is 16.3 Å². The minimum atomic E-state index is -0.228. The number of amides is 1. The number of ether oxygens (including phenoxy) is 1. The quantitative estimate of drug-likeness (QED) is 0.656. The molecule has 1 N–H and O–H groups in total. The Labute approximate surface area is 158 Å². The summed E-state index contributed by atoms with van der Waals surface area (Å²) in [7, 11) is 1.54. The van der Waals surface area contributed by atoms with Gasteiger partial charge in [0.15, 0.2) is 0 Å². The van der Waals surface area contributed by atoms with E-state index < -0.39 is 0 Å². The second-order valence-corrected chi connectivity index (χ2v) is 6.70. The van der Waals surface area contributed by atoms with Gasteiger partial charge in [-0.1, -0.05) is 23.7 Å². The highest BCUT2D eigenvalue weighted by Crippen LogP contribution is 2.28. The van der Waals surface area contributed by atoms with Crippen LogP contribution in [0.5, 0.6) is 5.75 Å². The smallest absolute Gasteiger partial charge is 0.255 e. The molecule has 128 valence electrons. The molecule has 2 aromatic carbocycles. The third-order valence-electron chi connectivity index (χ3n) is 3.57. The number of hydrogen-bond acceptors (Lipinski definition) is 3. The summed E-state index contributed by atoms with van der Waals surface area (Å²) in [6.45, 7) is 0.635. The Balaban J connectivity index is 1.71. The number of benzene rings is 2. The number of carbonyl (C=O) groups excluding carboxylic acids is 1. The predicted octanol–water partition coefficient (Wildman–Crippen LogP) is 4.61. The molecule has 0 atom stereocenters. The number of halogens is 2. The molecule has 0 aliphatic rings. The molecule has 1 heterocycles. The van der Waals surface area contributed by atoms with E-state index in [2.05, 4.69) is 26.3 Å². The second-order valence-electron chi connectivity index (χ2n) is 5.35. The zero-order valence-electron chi connectivity index (χ0n) is 13.4. The molecule has 0 spiro atoms. The summed E-state index contributed by atoms with van der Waals surface area (Å²) < 4.78 is 7.98. The number of hydrogen-bond donors (Lipinski definition) is 1. The molecule has 1 amide bonds. The number of rotatable bonds is 5. The molecular formula is C18H15BrClN3O2. The van der Waals surface area contributed by atoms with Crippen molar-refractivity contribution in [2.75, 3.05) is 12.4 Å². The third-order valence-corrected chi connectivity index (χ3v) is 4.22. The van der Waals surface area contributed by atoms with E-state index >= 15 is 0 Å². The number of nitrogens with one attached hydrogen (secondary N) is 1. The number of methoxy groups -OCH3 is 1. The summed E-state index contributed by atoms with van der Waals surface area (Å²) in [5.41, 5.74) is 2.13. The predicted molar refractivity (Wildman–Crippen MR) is 101 cm³/mol. The molecule has 7 heteroatoms. The number of aromatic nitrogens is 2. The van der Waals surface area contributed by atoms with Crippen LogP contribution < -0.4 is 10.1 Å². The highest BCUT2D eigenvalue weighted by molar-refractivity contribution is 9.10. The van der Waals surface area contributed by atoms with Crippen LogP contribution in [-0.2, 0) is 6.54 Å². The van der Waals surface area contributed by atoms with Crippen LogP contribution in [0.25, 0.3) is 0 Å². The maximum atomic E-state index is 12.4. The SMILES string of the molecule is COc1ccc(Cl)cc1NC(=O)c1ccc(Cn2cc(Br)cn2)cc1. The standard InChI is InChI=1S/C18H15BrClN3O2/c1-25-17-7-6-15(20)8-16(17)22-18(24)13-4-2-12(3-5-13)10-23-11-14(19)9-21-23/h2-9,11H,10H2,1H3,(H,22,24). The molecule has 0 unspecified atom stereocenters. The Morgan fingerprint density at radius 3 is 2.68 bits per heavy atom. The first kappa shape index (κ1) is 17.5. The van der Waals surface area contributed by atoms with Crippen molar-refractivity contribution < 1.29 is 9.53 Å². The lowest BCUT2D eigenvalue weighted by Gasteiger charge is -2.11. The van der Waals surface area contributed by atoms with Gasteiger partial charge >= 0.3 is 0 Å². The Morgan fingerprint density at radius 1 is 1.28 bits per heavy atom. The lowest BCUT2D eigenvalue weighted by atomic mass is 10.1. The fourth-order valence-electron chi connectivity index (χ4n) is 2.35. The second kappa shape index (κ2) is 7.72.